The number of nitrogens with zero attached hydrogens (tertiary/aromatic N) is 3. The number of carbonyl (C=O) groups is 1. The van der Waals surface area contributed by atoms with Gasteiger partial charge < -0.3 is 4.90 Å². The van der Waals surface area contributed by atoms with Crippen molar-refractivity contribution in [3.63, 3.8) is 0 Å². The maximum Gasteiger partial charge on any atom is 0.252 e. The molecule has 1 fully saturated rings. The van der Waals surface area contributed by atoms with Crippen molar-refractivity contribution >= 4 is 5.91 Å². The van der Waals surface area contributed by atoms with Crippen LogP contribution in [0.25, 0.3) is 0 Å². The summed E-state index contributed by atoms with van der Waals surface area (Å²) in [5.74, 6) is -0.297. The van der Waals surface area contributed by atoms with Gasteiger partial charge in [-0.05, 0) is 43.7 Å². The zero-order chi connectivity index (χ0) is 16.1. The van der Waals surface area contributed by atoms with E-state index in [0.29, 0.717) is 18.5 Å². The number of likely N-dealkylation sites (tertiary alicyclic amines) is 1. The predicted molar refractivity (Wildman–Crippen MR) is 75.0 cm³/mol. The number of halogens is 2. The second-order valence-corrected chi connectivity index (χ2v) is 6.67. The van der Waals surface area contributed by atoms with Crippen LogP contribution >= 0.6 is 0 Å². The highest BCUT2D eigenvalue weighted by atomic mass is 19.3. The Hall–Kier alpha value is -2.03. The number of hydrogen-bond donors (Lipinski definition) is 0. The predicted octanol–water partition coefficient (Wildman–Crippen LogP) is 2.69. The summed E-state index contributed by atoms with van der Waals surface area (Å²) < 4.78 is 26.3. The van der Waals surface area contributed by atoms with Crippen LogP contribution in [0.3, 0.4) is 0 Å². The Kier molecular flexibility index (Phi) is 3.39. The number of alkyl halides is 2. The van der Waals surface area contributed by atoms with E-state index in [9.17, 15) is 18.8 Å². The summed E-state index contributed by atoms with van der Waals surface area (Å²) in [5, 5.41) is 9.19. The van der Waals surface area contributed by atoms with Gasteiger partial charge in [-0.2, -0.15) is 5.26 Å². The van der Waals surface area contributed by atoms with E-state index in [1.54, 1.807) is 11.1 Å². The summed E-state index contributed by atoms with van der Waals surface area (Å²) in [7, 11) is 0. The zero-order valence-electron chi connectivity index (χ0n) is 12.5. The monoisotopic (exact) mass is 305 g/mol. The van der Waals surface area contributed by atoms with E-state index in [0.717, 1.165) is 17.5 Å². The lowest BCUT2D eigenvalue weighted by Gasteiger charge is -2.33. The molecule has 1 aliphatic heterocycles. The van der Waals surface area contributed by atoms with Crippen molar-refractivity contribution in [2.75, 3.05) is 6.54 Å². The lowest BCUT2D eigenvalue weighted by atomic mass is 9.83. The normalized spacial score (nSPS) is 23.4. The van der Waals surface area contributed by atoms with Gasteiger partial charge in [0.25, 0.3) is 6.43 Å². The van der Waals surface area contributed by atoms with Crippen LogP contribution in [0.5, 0.6) is 0 Å². The summed E-state index contributed by atoms with van der Waals surface area (Å²) in [4.78, 5) is 18.2. The lowest BCUT2D eigenvalue weighted by Crippen LogP contribution is -2.44. The summed E-state index contributed by atoms with van der Waals surface area (Å²) in [6.07, 6.45) is 1.95. The van der Waals surface area contributed by atoms with Crippen LogP contribution in [-0.4, -0.2) is 28.8 Å². The van der Waals surface area contributed by atoms with E-state index in [-0.39, 0.29) is 12.0 Å². The Balaban J connectivity index is 1.99. The molecule has 1 aromatic heterocycles. The fourth-order valence-electron chi connectivity index (χ4n) is 3.46. The van der Waals surface area contributed by atoms with Gasteiger partial charge in [0.1, 0.15) is 11.5 Å². The highest BCUT2D eigenvalue weighted by Crippen LogP contribution is 2.46. The molecule has 0 aromatic carbocycles. The molecule has 0 unspecified atom stereocenters. The van der Waals surface area contributed by atoms with Crippen molar-refractivity contribution in [2.24, 2.45) is 11.3 Å². The Morgan fingerprint density at radius 3 is 2.86 bits per heavy atom. The summed E-state index contributed by atoms with van der Waals surface area (Å²) in [6.45, 7) is 3.04. The van der Waals surface area contributed by atoms with Crippen LogP contribution in [-0.2, 0) is 11.2 Å². The minimum Gasteiger partial charge on any atom is -0.335 e. The molecule has 22 heavy (non-hydrogen) atoms. The lowest BCUT2D eigenvalue weighted by molar-refractivity contribution is -0.149. The molecule has 0 spiro atoms. The van der Waals surface area contributed by atoms with Crippen molar-refractivity contribution in [3.8, 4) is 6.07 Å². The van der Waals surface area contributed by atoms with Crippen LogP contribution in [0, 0.1) is 22.7 Å². The second kappa shape index (κ2) is 5.01. The van der Waals surface area contributed by atoms with Crippen molar-refractivity contribution in [2.45, 2.75) is 39.2 Å². The molecule has 2 heterocycles. The minimum atomic E-state index is -2.71. The average molecular weight is 305 g/mol. The van der Waals surface area contributed by atoms with Crippen LogP contribution in [0.2, 0.25) is 0 Å². The van der Waals surface area contributed by atoms with Crippen molar-refractivity contribution < 1.29 is 13.6 Å². The molecule has 4 nitrogen and oxygen atoms in total. The molecule has 2 aliphatic rings. The second-order valence-electron chi connectivity index (χ2n) is 6.67. The summed E-state index contributed by atoms with van der Waals surface area (Å²) in [6, 6.07) is 1.89. The first-order valence-corrected chi connectivity index (χ1v) is 7.32. The van der Waals surface area contributed by atoms with Gasteiger partial charge in [-0.25, -0.2) is 8.78 Å². The third-order valence-electron chi connectivity index (χ3n) is 4.81. The van der Waals surface area contributed by atoms with Gasteiger partial charge in [-0.3, -0.25) is 9.78 Å². The van der Waals surface area contributed by atoms with Gasteiger partial charge in [0.2, 0.25) is 5.91 Å². The molecule has 2 atom stereocenters. The number of hydrogen-bond acceptors (Lipinski definition) is 3. The molecular weight excluding hydrogens is 288 g/mol. The number of amides is 1. The molecular formula is C16H17F2N3O. The van der Waals surface area contributed by atoms with Crippen LogP contribution < -0.4 is 0 Å². The van der Waals surface area contributed by atoms with Crippen LogP contribution in [0.1, 0.15) is 43.0 Å². The van der Waals surface area contributed by atoms with Crippen LogP contribution in [0.15, 0.2) is 12.4 Å². The largest absolute Gasteiger partial charge is 0.335 e. The maximum atomic E-state index is 13.2. The molecule has 0 saturated carbocycles. The van der Waals surface area contributed by atoms with E-state index >= 15 is 0 Å². The van der Waals surface area contributed by atoms with Gasteiger partial charge >= 0.3 is 0 Å². The van der Waals surface area contributed by atoms with Crippen molar-refractivity contribution in [1.82, 2.24) is 9.88 Å². The number of rotatable bonds is 2. The molecule has 1 amide bonds. The Morgan fingerprint density at radius 1 is 1.50 bits per heavy atom. The topological polar surface area (TPSA) is 57.0 Å². The number of fused-ring (bicyclic) bond motifs is 4. The number of carbonyl (C=O) groups excluding carboxylic acids is 1. The van der Waals surface area contributed by atoms with E-state index in [1.165, 1.54) is 20.0 Å². The number of aromatic nitrogens is 1. The quantitative estimate of drug-likeness (QED) is 0.844. The van der Waals surface area contributed by atoms with Crippen molar-refractivity contribution in [3.05, 3.63) is 29.1 Å². The van der Waals surface area contributed by atoms with Gasteiger partial charge in [-0.1, -0.05) is 0 Å². The van der Waals surface area contributed by atoms with Crippen molar-refractivity contribution in [1.29, 1.82) is 5.26 Å². The molecule has 2 bridgehead atoms. The molecule has 1 aromatic rings. The Bertz CT molecular complexity index is 666. The maximum absolute atomic E-state index is 13.2. The zero-order valence-corrected chi connectivity index (χ0v) is 12.5. The smallest absolute Gasteiger partial charge is 0.252 e. The third-order valence-corrected chi connectivity index (χ3v) is 4.81. The standard InChI is InChI=1S/C16H17F2N3O/c1-16(2,14(17)18)15(22)21-8-9-3-11-10(5-19)6-20-7-12(11)13(21)4-9/h6-7,9,13-14H,3-4,8H2,1-2H3/t9-,13-/m0/s1. The Labute approximate surface area is 127 Å². The van der Waals surface area contributed by atoms with Gasteiger partial charge in [-0.15, -0.1) is 0 Å². The minimum absolute atomic E-state index is 0.226. The third kappa shape index (κ3) is 2.07. The Morgan fingerprint density at radius 2 is 2.23 bits per heavy atom. The average Bonchev–Trinajstić information content (AvgIpc) is 2.83. The van der Waals surface area contributed by atoms with Gasteiger partial charge in [0.15, 0.2) is 0 Å². The van der Waals surface area contributed by atoms with E-state index < -0.39 is 17.7 Å². The fourth-order valence-corrected chi connectivity index (χ4v) is 3.46. The van der Waals surface area contributed by atoms with E-state index in [4.69, 9.17) is 0 Å². The first-order valence-electron chi connectivity index (χ1n) is 7.32. The highest BCUT2D eigenvalue weighted by molar-refractivity contribution is 5.83. The molecule has 116 valence electrons. The van der Waals surface area contributed by atoms with Gasteiger partial charge in [0.05, 0.1) is 11.6 Å². The molecule has 0 radical (unpaired) electrons. The SMILES string of the molecule is CC(C)(C(=O)N1C[C@H]2Cc3c(C#N)cncc3[C@@H]1C2)C(F)F. The summed E-state index contributed by atoms with van der Waals surface area (Å²) >= 11 is 0. The van der Waals surface area contributed by atoms with E-state index in [2.05, 4.69) is 11.1 Å². The first kappa shape index (κ1) is 14.9. The molecule has 3 rings (SSSR count). The number of pyridine rings is 1. The van der Waals surface area contributed by atoms with Gasteiger partial charge in [0, 0.05) is 18.9 Å². The highest BCUT2D eigenvalue weighted by Gasteiger charge is 2.48. The van der Waals surface area contributed by atoms with Crippen LogP contribution in [0.4, 0.5) is 8.78 Å². The fraction of sp³-hybridized carbons (Fsp3) is 0.562. The molecule has 1 aliphatic carbocycles. The summed E-state index contributed by atoms with van der Waals surface area (Å²) in [5.41, 5.74) is 0.586. The molecule has 6 heteroatoms. The number of nitriles is 1. The molecule has 1 saturated heterocycles. The molecule has 0 N–H and O–H groups in total. The first-order chi connectivity index (χ1) is 10.4. The van der Waals surface area contributed by atoms with E-state index in [1.807, 2.05) is 0 Å².